The van der Waals surface area contributed by atoms with E-state index in [4.69, 9.17) is 19.7 Å². The third-order valence-electron chi connectivity index (χ3n) is 14.0. The zero-order chi connectivity index (χ0) is 54.7. The Hall–Kier alpha value is -7.79. The zero-order valence-electron chi connectivity index (χ0n) is 39.9. The van der Waals surface area contributed by atoms with Crippen molar-refractivity contribution in [2.75, 3.05) is 19.8 Å². The van der Waals surface area contributed by atoms with Crippen LogP contribution in [-0.4, -0.2) is 160 Å². The molecule has 0 bridgehead atoms. The van der Waals surface area contributed by atoms with E-state index in [0.717, 1.165) is 72.8 Å². The Bertz CT molecular complexity index is 3170. The molecule has 0 saturated carbocycles. The van der Waals surface area contributed by atoms with E-state index >= 15 is 24.0 Å². The van der Waals surface area contributed by atoms with Crippen molar-refractivity contribution in [1.29, 1.82) is 0 Å². The van der Waals surface area contributed by atoms with Crippen LogP contribution in [0.5, 0.6) is 0 Å². The lowest BCUT2D eigenvalue weighted by Crippen LogP contribution is -2.96. The van der Waals surface area contributed by atoms with E-state index < -0.39 is 152 Å². The molecule has 0 spiro atoms. The second-order valence-corrected chi connectivity index (χ2v) is 18.1. The van der Waals surface area contributed by atoms with E-state index in [1.807, 2.05) is 0 Å². The van der Waals surface area contributed by atoms with Crippen LogP contribution in [0, 0.1) is 0 Å². The maximum atomic E-state index is 16.1. The molecule has 2 aliphatic rings. The van der Waals surface area contributed by atoms with Gasteiger partial charge in [0, 0.05) is 44.8 Å². The topological polar surface area (TPSA) is 341 Å². The van der Waals surface area contributed by atoms with Gasteiger partial charge in [-0.3, -0.25) is 28.8 Å². The molecule has 1 unspecified atom stereocenters. The molecule has 0 aromatic heterocycles. The molecular weight excluding hydrogens is 987 g/mol. The maximum absolute atomic E-state index is 16.1. The first kappa shape index (κ1) is 54.5. The van der Waals surface area contributed by atoms with E-state index in [1.165, 1.54) is 109 Å². The molecule has 11 atom stereocenters. The zero-order valence-corrected chi connectivity index (χ0v) is 39.9. The number of aliphatic hydroxyl groups excluding tert-OH is 2. The van der Waals surface area contributed by atoms with Gasteiger partial charge in [-0.2, -0.15) is 0 Å². The number of ketones is 6. The second kappa shape index (κ2) is 21.4. The number of aliphatic hydroxyl groups is 8. The number of nitrogens with zero attached hydrogens (tertiary/aromatic N) is 3. The van der Waals surface area contributed by atoms with Crippen LogP contribution in [0.25, 0.3) is 10.4 Å². The Kier molecular flexibility index (Phi) is 15.4. The summed E-state index contributed by atoms with van der Waals surface area (Å²) in [5.41, 5.74) is -21.8. The van der Waals surface area contributed by atoms with Gasteiger partial charge in [-0.25, -0.2) is 0 Å². The van der Waals surface area contributed by atoms with Crippen LogP contribution in [-0.2, 0) is 14.2 Å². The van der Waals surface area contributed by atoms with Gasteiger partial charge in [-0.15, -0.1) is 0 Å². The van der Waals surface area contributed by atoms with Crippen LogP contribution >= 0.6 is 0 Å². The smallest absolute Gasteiger partial charge is 0.213 e. The minimum Gasteiger partial charge on any atom is -0.394 e. The summed E-state index contributed by atoms with van der Waals surface area (Å²) in [6.45, 7) is -3.09. The lowest BCUT2D eigenvalue weighted by atomic mass is 9.49. The lowest BCUT2D eigenvalue weighted by Gasteiger charge is -2.67. The van der Waals surface area contributed by atoms with Crippen molar-refractivity contribution < 1.29 is 83.8 Å². The number of carbonyl (C=O) groups excluding carboxylic acids is 6. The van der Waals surface area contributed by atoms with Crippen molar-refractivity contribution in [3.05, 3.63) is 226 Å². The van der Waals surface area contributed by atoms with Crippen LogP contribution < -0.4 is 0 Å². The molecule has 8 N–H and O–H groups in total. The molecule has 0 amide bonds. The minimum absolute atomic E-state index is 0.395. The van der Waals surface area contributed by atoms with Crippen molar-refractivity contribution in [2.45, 2.75) is 64.3 Å². The van der Waals surface area contributed by atoms with Crippen molar-refractivity contribution in [3.63, 3.8) is 0 Å². The molecule has 76 heavy (non-hydrogen) atoms. The average molecular weight is 1040 g/mol. The Labute approximate surface area is 432 Å². The van der Waals surface area contributed by atoms with E-state index in [0.29, 0.717) is 0 Å². The third-order valence-corrected chi connectivity index (χ3v) is 14.0. The highest BCUT2D eigenvalue weighted by atomic mass is 16.7. The second-order valence-electron chi connectivity index (χ2n) is 18.1. The van der Waals surface area contributed by atoms with Crippen LogP contribution in [0.3, 0.4) is 0 Å². The van der Waals surface area contributed by atoms with Crippen LogP contribution in [0.4, 0.5) is 0 Å². The largest absolute Gasteiger partial charge is 0.394 e. The Morgan fingerprint density at radius 1 is 0.513 bits per heavy atom. The number of hydrogen-bond donors (Lipinski definition) is 8. The van der Waals surface area contributed by atoms with Crippen molar-refractivity contribution in [1.82, 2.24) is 0 Å². The summed E-state index contributed by atoms with van der Waals surface area (Å²) in [6.07, 6.45) is -15.8. The standard InChI is InChI=1S/C56H49N3O17/c57-59-58-31-32-74-50-54(71,46(66)38-27-15-5-16-28-38)56(73,51(68,40(33-60)75-50)43(63)35-21-9-2-10-22-35)49-53(70,45(65)37-25-13-4-14-26-37)55(72,47(67)39-29-17-6-18-30-39)52(69,44(64)36-23-11-3-12-24-36)48(76-49)42(62)41(61)34-19-7-1-8-20-34/h1-30,40,42,48-50,60,62,68-73H,31-33H2/t40-,42?,48-,49-,50+,51+,52-,53-,54-,55+,56+/m1/s1. The quantitative estimate of drug-likeness (QED) is 0.0190. The molecule has 2 fully saturated rings. The average Bonchev–Trinajstić information content (AvgIpc) is 3.01. The molecule has 8 rings (SSSR count). The molecule has 20 heteroatoms. The first-order valence-electron chi connectivity index (χ1n) is 23.5. The van der Waals surface area contributed by atoms with E-state index in [1.54, 1.807) is 0 Å². The SMILES string of the molecule is [N-]=[N+]=NCCO[C@H]1O[C@H](CO)[C@](O)(C(=O)c2ccccc2)[C@@](O)([C@@H]2O[C@H](C(O)C(=O)c3ccccc3)[C@](O)(C(=O)c3ccccc3)[C@@](O)(C(=O)c3ccccc3)[C@@]2(O)C(=O)c2ccccc2)[C@@]1(O)C(=O)c1ccccc1. The summed E-state index contributed by atoms with van der Waals surface area (Å²) in [6, 6.07) is 36.1. The van der Waals surface area contributed by atoms with Crippen molar-refractivity contribution in [3.8, 4) is 0 Å². The number of ether oxygens (including phenoxy) is 3. The molecule has 2 aliphatic heterocycles. The maximum Gasteiger partial charge on any atom is 0.213 e. The Morgan fingerprint density at radius 3 is 1.26 bits per heavy atom. The van der Waals surface area contributed by atoms with E-state index in [-0.39, 0.29) is 0 Å². The Balaban J connectivity index is 1.61. The fourth-order valence-electron chi connectivity index (χ4n) is 10.2. The summed E-state index contributed by atoms with van der Waals surface area (Å²) < 4.78 is 18.2. The predicted octanol–water partition coefficient (Wildman–Crippen LogP) is 2.84. The first-order valence-corrected chi connectivity index (χ1v) is 23.5. The van der Waals surface area contributed by atoms with Gasteiger partial charge in [0.25, 0.3) is 0 Å². The lowest BCUT2D eigenvalue weighted by molar-refractivity contribution is -0.422. The van der Waals surface area contributed by atoms with E-state index in [9.17, 15) is 45.6 Å². The summed E-state index contributed by atoms with van der Waals surface area (Å²) >= 11 is 0. The van der Waals surface area contributed by atoms with Gasteiger partial charge in [-0.1, -0.05) is 187 Å². The van der Waals surface area contributed by atoms with Crippen LogP contribution in [0.15, 0.2) is 187 Å². The van der Waals surface area contributed by atoms with Crippen LogP contribution in [0.1, 0.15) is 62.1 Å². The summed E-state index contributed by atoms with van der Waals surface area (Å²) in [5, 5.41) is 112. The van der Waals surface area contributed by atoms with Gasteiger partial charge in [-0.05, 0) is 5.53 Å². The molecule has 2 saturated heterocycles. The predicted molar refractivity (Wildman–Crippen MR) is 265 cm³/mol. The van der Waals surface area contributed by atoms with Gasteiger partial charge in [0.05, 0.1) is 13.2 Å². The van der Waals surface area contributed by atoms with E-state index in [2.05, 4.69) is 10.0 Å². The molecule has 2 heterocycles. The third kappa shape index (κ3) is 8.30. The number of Topliss-reactive ketones (excluding diaryl/α,β-unsaturated/α-hetero) is 6. The first-order chi connectivity index (χ1) is 36.4. The number of rotatable bonds is 19. The number of hydrogen-bond acceptors (Lipinski definition) is 18. The molecule has 0 aliphatic carbocycles. The number of azide groups is 1. The fraction of sp³-hybridized carbons (Fsp3) is 0.250. The van der Waals surface area contributed by atoms with Gasteiger partial charge in [0.2, 0.25) is 34.3 Å². The number of carbonyl (C=O) groups is 6. The highest BCUT2D eigenvalue weighted by molar-refractivity contribution is 6.19. The minimum atomic E-state index is -4.75. The molecule has 390 valence electrons. The molecule has 20 nitrogen and oxygen atoms in total. The van der Waals surface area contributed by atoms with Crippen molar-refractivity contribution >= 4 is 34.7 Å². The summed E-state index contributed by atoms with van der Waals surface area (Å²) in [4.78, 5) is 96.5. The monoisotopic (exact) mass is 1040 g/mol. The fourth-order valence-corrected chi connectivity index (χ4v) is 10.2. The normalized spacial score (nSPS) is 29.5. The van der Waals surface area contributed by atoms with Gasteiger partial charge < -0.3 is 55.1 Å². The van der Waals surface area contributed by atoms with Crippen molar-refractivity contribution in [2.24, 2.45) is 5.11 Å². The highest BCUT2D eigenvalue weighted by Crippen LogP contribution is 2.59. The molecular formula is C56H49N3O17. The highest BCUT2D eigenvalue weighted by Gasteiger charge is 2.90. The summed E-state index contributed by atoms with van der Waals surface area (Å²) in [7, 11) is 0. The van der Waals surface area contributed by atoms with Crippen LogP contribution in [0.2, 0.25) is 0 Å². The molecule has 6 aromatic carbocycles. The van der Waals surface area contributed by atoms with Gasteiger partial charge in [0.15, 0.2) is 40.3 Å². The summed E-state index contributed by atoms with van der Waals surface area (Å²) in [5.74, 6) is -10.9. The number of benzene rings is 6. The molecule has 0 radical (unpaired) electrons. The Morgan fingerprint density at radius 2 is 0.868 bits per heavy atom. The van der Waals surface area contributed by atoms with Gasteiger partial charge in [0.1, 0.15) is 24.4 Å². The molecule has 6 aromatic rings. The van der Waals surface area contributed by atoms with Gasteiger partial charge >= 0.3 is 0 Å².